The van der Waals surface area contributed by atoms with Crippen LogP contribution < -0.4 is 11.1 Å². The summed E-state index contributed by atoms with van der Waals surface area (Å²) in [5, 5.41) is 3.62. The Morgan fingerprint density at radius 1 is 1.33 bits per heavy atom. The molecular weight excluding hydrogens is 184 g/mol. The maximum absolute atomic E-state index is 6.60. The van der Waals surface area contributed by atoms with Crippen LogP contribution in [0.3, 0.4) is 0 Å². The Morgan fingerprint density at radius 3 is 2.73 bits per heavy atom. The summed E-state index contributed by atoms with van der Waals surface area (Å²) >= 11 is 0. The second-order valence-corrected chi connectivity index (χ2v) is 5.05. The van der Waals surface area contributed by atoms with Crippen molar-refractivity contribution < 1.29 is 0 Å². The first-order valence-corrected chi connectivity index (χ1v) is 5.81. The van der Waals surface area contributed by atoms with E-state index in [2.05, 4.69) is 36.5 Å². The van der Waals surface area contributed by atoms with Gasteiger partial charge in [0.1, 0.15) is 0 Å². The Kier molecular flexibility index (Phi) is 1.91. The molecule has 3 atom stereocenters. The van der Waals surface area contributed by atoms with Gasteiger partial charge in [0, 0.05) is 12.1 Å². The van der Waals surface area contributed by atoms with Crippen LogP contribution in [0.15, 0.2) is 24.3 Å². The van der Waals surface area contributed by atoms with Gasteiger partial charge in [0.25, 0.3) is 0 Å². The molecule has 3 N–H and O–H groups in total. The number of fused-ring (bicyclic) bond motifs is 2. The van der Waals surface area contributed by atoms with Gasteiger partial charge in [0.05, 0.1) is 5.54 Å². The van der Waals surface area contributed by atoms with E-state index in [9.17, 15) is 0 Å². The standard InChI is InChI=1S/C13H18N2/c1-9-4-2-3-5-11(9)13(14)8-10-6-7-12(13)15-10/h2-5,10,12,15H,6-8,14H2,1H3. The second-order valence-electron chi connectivity index (χ2n) is 5.05. The minimum absolute atomic E-state index is 0.117. The van der Waals surface area contributed by atoms with E-state index in [1.54, 1.807) is 0 Å². The van der Waals surface area contributed by atoms with Crippen molar-refractivity contribution in [1.82, 2.24) is 5.32 Å². The Hall–Kier alpha value is -0.860. The number of hydrogen-bond donors (Lipinski definition) is 2. The number of nitrogens with two attached hydrogens (primary N) is 1. The number of hydrogen-bond acceptors (Lipinski definition) is 2. The lowest BCUT2D eigenvalue weighted by molar-refractivity contribution is 0.341. The highest BCUT2D eigenvalue weighted by Gasteiger charge is 2.49. The molecule has 3 unspecified atom stereocenters. The fourth-order valence-corrected chi connectivity index (χ4v) is 3.33. The van der Waals surface area contributed by atoms with Crippen LogP contribution in [0, 0.1) is 6.92 Å². The van der Waals surface area contributed by atoms with E-state index in [1.165, 1.54) is 24.0 Å². The number of benzene rings is 1. The molecule has 0 radical (unpaired) electrons. The lowest BCUT2D eigenvalue weighted by Crippen LogP contribution is -2.47. The summed E-state index contributed by atoms with van der Waals surface area (Å²) in [6, 6.07) is 9.68. The first-order valence-electron chi connectivity index (χ1n) is 5.81. The molecule has 0 spiro atoms. The van der Waals surface area contributed by atoms with Gasteiger partial charge in [-0.15, -0.1) is 0 Å². The predicted octanol–water partition coefficient (Wildman–Crippen LogP) is 1.67. The van der Waals surface area contributed by atoms with Crippen LogP contribution in [0.2, 0.25) is 0 Å². The van der Waals surface area contributed by atoms with Crippen LogP contribution in [0.4, 0.5) is 0 Å². The van der Waals surface area contributed by atoms with Gasteiger partial charge in [-0.05, 0) is 37.3 Å². The third-order valence-electron chi connectivity index (χ3n) is 4.09. The molecule has 0 saturated carbocycles. The van der Waals surface area contributed by atoms with Crippen LogP contribution >= 0.6 is 0 Å². The molecule has 3 rings (SSSR count). The van der Waals surface area contributed by atoms with Gasteiger partial charge in [-0.3, -0.25) is 0 Å². The Morgan fingerprint density at radius 2 is 2.13 bits per heavy atom. The molecule has 2 heteroatoms. The van der Waals surface area contributed by atoms with Gasteiger partial charge in [-0.1, -0.05) is 24.3 Å². The van der Waals surface area contributed by atoms with Gasteiger partial charge < -0.3 is 11.1 Å². The van der Waals surface area contributed by atoms with Crippen molar-refractivity contribution in [2.45, 2.75) is 43.8 Å². The summed E-state index contributed by atoms with van der Waals surface area (Å²) in [6.45, 7) is 2.16. The van der Waals surface area contributed by atoms with Crippen molar-refractivity contribution in [2.75, 3.05) is 0 Å². The fraction of sp³-hybridized carbons (Fsp3) is 0.538. The minimum Gasteiger partial charge on any atom is -0.320 e. The molecule has 2 bridgehead atoms. The average molecular weight is 202 g/mol. The largest absolute Gasteiger partial charge is 0.320 e. The monoisotopic (exact) mass is 202 g/mol. The van der Waals surface area contributed by atoms with Crippen LogP contribution in [0.5, 0.6) is 0 Å². The van der Waals surface area contributed by atoms with Gasteiger partial charge >= 0.3 is 0 Å². The lowest BCUT2D eigenvalue weighted by Gasteiger charge is -2.34. The van der Waals surface area contributed by atoms with E-state index in [0.29, 0.717) is 12.1 Å². The van der Waals surface area contributed by atoms with Crippen molar-refractivity contribution in [3.63, 3.8) is 0 Å². The van der Waals surface area contributed by atoms with Gasteiger partial charge in [0.15, 0.2) is 0 Å². The molecule has 1 aromatic rings. The normalized spacial score (nSPS) is 38.5. The van der Waals surface area contributed by atoms with Crippen molar-refractivity contribution in [2.24, 2.45) is 5.73 Å². The molecule has 2 aliphatic heterocycles. The molecule has 2 saturated heterocycles. The molecule has 2 aliphatic rings. The van der Waals surface area contributed by atoms with E-state index in [1.807, 2.05) is 0 Å². The Labute approximate surface area is 90.9 Å². The van der Waals surface area contributed by atoms with Gasteiger partial charge in [-0.25, -0.2) is 0 Å². The van der Waals surface area contributed by atoms with Crippen LogP contribution in [0.25, 0.3) is 0 Å². The molecule has 2 fully saturated rings. The zero-order valence-corrected chi connectivity index (χ0v) is 9.16. The Balaban J connectivity index is 2.04. The van der Waals surface area contributed by atoms with Gasteiger partial charge in [-0.2, -0.15) is 0 Å². The maximum atomic E-state index is 6.60. The van der Waals surface area contributed by atoms with Crippen LogP contribution in [-0.4, -0.2) is 12.1 Å². The van der Waals surface area contributed by atoms with Crippen molar-refractivity contribution in [3.8, 4) is 0 Å². The molecular formula is C13H18N2. The summed E-state index contributed by atoms with van der Waals surface area (Å²) in [6.07, 6.45) is 3.63. The van der Waals surface area contributed by atoms with Gasteiger partial charge in [0.2, 0.25) is 0 Å². The predicted molar refractivity (Wildman–Crippen MR) is 61.6 cm³/mol. The molecule has 2 heterocycles. The first kappa shape index (κ1) is 9.37. The van der Waals surface area contributed by atoms with E-state index in [0.717, 1.165) is 6.42 Å². The molecule has 2 nitrogen and oxygen atoms in total. The smallest absolute Gasteiger partial charge is 0.0582 e. The maximum Gasteiger partial charge on any atom is 0.0582 e. The lowest BCUT2D eigenvalue weighted by atomic mass is 9.76. The average Bonchev–Trinajstić information content (AvgIpc) is 2.78. The number of rotatable bonds is 1. The second kappa shape index (κ2) is 3.06. The quantitative estimate of drug-likeness (QED) is 0.727. The molecule has 0 aliphatic carbocycles. The number of aryl methyl sites for hydroxylation is 1. The SMILES string of the molecule is Cc1ccccc1C1(N)CC2CCC1N2. The van der Waals surface area contributed by atoms with Crippen LogP contribution in [0.1, 0.15) is 30.4 Å². The highest BCUT2D eigenvalue weighted by Crippen LogP contribution is 2.42. The molecule has 0 aromatic heterocycles. The molecule has 0 amide bonds. The minimum atomic E-state index is -0.117. The third-order valence-corrected chi connectivity index (χ3v) is 4.09. The van der Waals surface area contributed by atoms with E-state index in [-0.39, 0.29) is 5.54 Å². The summed E-state index contributed by atoms with van der Waals surface area (Å²) in [5.74, 6) is 0. The Bertz CT molecular complexity index is 388. The summed E-state index contributed by atoms with van der Waals surface area (Å²) < 4.78 is 0. The first-order chi connectivity index (χ1) is 7.20. The third kappa shape index (κ3) is 1.25. The summed E-state index contributed by atoms with van der Waals surface area (Å²) in [5.41, 5.74) is 9.15. The topological polar surface area (TPSA) is 38.0 Å². The zero-order chi connectivity index (χ0) is 10.5. The highest BCUT2D eigenvalue weighted by atomic mass is 15.1. The van der Waals surface area contributed by atoms with Crippen molar-refractivity contribution in [1.29, 1.82) is 0 Å². The van der Waals surface area contributed by atoms with Crippen LogP contribution in [-0.2, 0) is 5.54 Å². The molecule has 15 heavy (non-hydrogen) atoms. The highest BCUT2D eigenvalue weighted by molar-refractivity contribution is 5.36. The number of nitrogens with one attached hydrogen (secondary N) is 1. The zero-order valence-electron chi connectivity index (χ0n) is 9.16. The fourth-order valence-electron chi connectivity index (χ4n) is 3.33. The molecule has 1 aromatic carbocycles. The van der Waals surface area contributed by atoms with E-state index < -0.39 is 0 Å². The van der Waals surface area contributed by atoms with E-state index in [4.69, 9.17) is 5.73 Å². The summed E-state index contributed by atoms with van der Waals surface area (Å²) in [4.78, 5) is 0. The van der Waals surface area contributed by atoms with Crippen molar-refractivity contribution in [3.05, 3.63) is 35.4 Å². The molecule has 80 valence electrons. The summed E-state index contributed by atoms with van der Waals surface area (Å²) in [7, 11) is 0. The van der Waals surface area contributed by atoms with E-state index >= 15 is 0 Å². The van der Waals surface area contributed by atoms with Crippen molar-refractivity contribution >= 4 is 0 Å².